The van der Waals surface area contributed by atoms with E-state index in [0.29, 0.717) is 30.2 Å². The number of rotatable bonds is 4. The molecule has 3 atom stereocenters. The summed E-state index contributed by atoms with van der Waals surface area (Å²) in [5.41, 5.74) is 2.26. The minimum Gasteiger partial charge on any atom is -0.389 e. The van der Waals surface area contributed by atoms with Crippen LogP contribution in [0.1, 0.15) is 65.6 Å². The van der Waals surface area contributed by atoms with E-state index in [1.54, 1.807) is 12.1 Å². The highest BCUT2D eigenvalue weighted by Gasteiger charge is 2.50. The largest absolute Gasteiger partial charge is 0.389 e. The van der Waals surface area contributed by atoms with Crippen LogP contribution in [0.2, 0.25) is 0 Å². The molecule has 1 amide bonds. The van der Waals surface area contributed by atoms with Crippen LogP contribution in [0.4, 0.5) is 15.9 Å². The predicted octanol–water partition coefficient (Wildman–Crippen LogP) is 5.48. The number of aromatic nitrogens is 2. The lowest BCUT2D eigenvalue weighted by Crippen LogP contribution is -2.56. The van der Waals surface area contributed by atoms with Crippen LogP contribution in [-0.4, -0.2) is 38.0 Å². The average Bonchev–Trinajstić information content (AvgIpc) is 2.83. The molecular weight excluding hydrogens is 443 g/mol. The number of carbonyl (C=O) groups is 1. The predicted molar refractivity (Wildman–Crippen MR) is 133 cm³/mol. The van der Waals surface area contributed by atoms with Gasteiger partial charge in [0, 0.05) is 35.5 Å². The van der Waals surface area contributed by atoms with Crippen molar-refractivity contribution in [3.05, 3.63) is 83.1 Å². The van der Waals surface area contributed by atoms with Crippen molar-refractivity contribution in [3.8, 4) is 0 Å². The van der Waals surface area contributed by atoms with E-state index < -0.39 is 5.60 Å². The third-order valence-corrected chi connectivity index (χ3v) is 7.39. The molecule has 3 aromatic rings. The molecular formula is C28H31FN4O2. The number of benzene rings is 2. The second kappa shape index (κ2) is 9.38. The summed E-state index contributed by atoms with van der Waals surface area (Å²) in [4.78, 5) is 24.5. The van der Waals surface area contributed by atoms with Crippen LogP contribution in [0.15, 0.2) is 54.6 Å². The van der Waals surface area contributed by atoms with Crippen LogP contribution in [0, 0.1) is 25.6 Å². The normalized spacial score (nSPS) is 24.1. The Bertz CT molecular complexity index is 1210. The first-order valence-corrected chi connectivity index (χ1v) is 12.3. The summed E-state index contributed by atoms with van der Waals surface area (Å²) >= 11 is 0. The Morgan fingerprint density at radius 3 is 2.66 bits per heavy atom. The van der Waals surface area contributed by atoms with Gasteiger partial charge in [0.15, 0.2) is 0 Å². The number of nitrogens with one attached hydrogen (secondary N) is 1. The molecule has 7 heteroatoms. The molecule has 2 heterocycles. The van der Waals surface area contributed by atoms with Gasteiger partial charge in [-0.25, -0.2) is 14.4 Å². The van der Waals surface area contributed by atoms with Gasteiger partial charge in [-0.1, -0.05) is 31.0 Å². The maximum absolute atomic E-state index is 13.9. The van der Waals surface area contributed by atoms with Crippen molar-refractivity contribution in [2.75, 3.05) is 11.9 Å². The molecule has 1 aromatic heterocycles. The van der Waals surface area contributed by atoms with Crippen molar-refractivity contribution in [1.82, 2.24) is 14.9 Å². The molecule has 0 bridgehead atoms. The number of piperidine rings is 1. The summed E-state index contributed by atoms with van der Waals surface area (Å²) in [6.45, 7) is 4.21. The highest BCUT2D eigenvalue weighted by Crippen LogP contribution is 2.49. The number of fused-ring (bicyclic) bond motifs is 1. The molecule has 1 saturated carbocycles. The van der Waals surface area contributed by atoms with Crippen LogP contribution >= 0.6 is 0 Å². The van der Waals surface area contributed by atoms with Crippen molar-refractivity contribution in [3.63, 3.8) is 0 Å². The molecule has 0 spiro atoms. The molecule has 6 nitrogen and oxygen atoms in total. The average molecular weight is 475 g/mol. The first kappa shape index (κ1) is 23.4. The fraction of sp³-hybridized carbons (Fsp3) is 0.393. The summed E-state index contributed by atoms with van der Waals surface area (Å²) in [6.07, 6.45) is 4.15. The monoisotopic (exact) mass is 474 g/mol. The van der Waals surface area contributed by atoms with E-state index >= 15 is 0 Å². The van der Waals surface area contributed by atoms with Crippen molar-refractivity contribution in [2.24, 2.45) is 5.92 Å². The Labute approximate surface area is 205 Å². The lowest BCUT2D eigenvalue weighted by Gasteiger charge is -2.52. The van der Waals surface area contributed by atoms with Crippen LogP contribution < -0.4 is 5.32 Å². The highest BCUT2D eigenvalue weighted by molar-refractivity contribution is 5.95. The molecule has 182 valence electrons. The fourth-order valence-corrected chi connectivity index (χ4v) is 5.81. The Kier molecular flexibility index (Phi) is 6.28. The van der Waals surface area contributed by atoms with Gasteiger partial charge in [0.05, 0.1) is 11.6 Å². The summed E-state index contributed by atoms with van der Waals surface area (Å²) in [6, 6.07) is 15.3. The first-order chi connectivity index (χ1) is 16.8. The van der Waals surface area contributed by atoms with Crippen LogP contribution in [0.3, 0.4) is 0 Å². The minimum atomic E-state index is -0.791. The van der Waals surface area contributed by atoms with Crippen LogP contribution in [0.25, 0.3) is 0 Å². The van der Waals surface area contributed by atoms with Crippen LogP contribution in [-0.2, 0) is 0 Å². The standard InChI is InChI=1S/C28H31FN4O2/c1-18-16-25(31-19(2)30-18)32-23-7-5-6-21(17-23)27(34)33-15-14-28(35)13-4-3-8-24(28)26(33)20-9-11-22(29)12-10-20/h5-7,9-12,16-17,24,26,35H,3-4,8,13-15H2,1-2H3,(H,30,31,32)/t24-,26-,28-/m0/s1. The topological polar surface area (TPSA) is 78.4 Å². The molecule has 0 radical (unpaired) electrons. The van der Waals surface area contributed by atoms with E-state index in [4.69, 9.17) is 0 Å². The quantitative estimate of drug-likeness (QED) is 0.523. The van der Waals surface area contributed by atoms with Gasteiger partial charge in [-0.3, -0.25) is 4.79 Å². The Morgan fingerprint density at radius 2 is 1.89 bits per heavy atom. The molecule has 2 aliphatic rings. The van der Waals surface area contributed by atoms with Gasteiger partial charge in [-0.15, -0.1) is 0 Å². The summed E-state index contributed by atoms with van der Waals surface area (Å²) < 4.78 is 13.7. The number of anilines is 2. The van der Waals surface area contributed by atoms with Gasteiger partial charge < -0.3 is 15.3 Å². The van der Waals surface area contributed by atoms with Gasteiger partial charge in [0.1, 0.15) is 17.5 Å². The minimum absolute atomic E-state index is 0.0762. The first-order valence-electron chi connectivity index (χ1n) is 12.3. The molecule has 0 unspecified atom stereocenters. The molecule has 5 rings (SSSR count). The van der Waals surface area contributed by atoms with E-state index in [1.807, 2.05) is 49.1 Å². The van der Waals surface area contributed by atoms with Gasteiger partial charge in [0.2, 0.25) is 0 Å². The maximum Gasteiger partial charge on any atom is 0.254 e. The number of hydrogen-bond donors (Lipinski definition) is 2. The van der Waals surface area contributed by atoms with E-state index in [9.17, 15) is 14.3 Å². The fourth-order valence-electron chi connectivity index (χ4n) is 5.81. The van der Waals surface area contributed by atoms with Gasteiger partial charge in [0.25, 0.3) is 5.91 Å². The summed E-state index contributed by atoms with van der Waals surface area (Å²) in [5.74, 6) is 0.873. The number of halogens is 1. The molecule has 1 aliphatic heterocycles. The summed E-state index contributed by atoms with van der Waals surface area (Å²) in [5, 5.41) is 14.7. The van der Waals surface area contributed by atoms with Gasteiger partial charge >= 0.3 is 0 Å². The number of likely N-dealkylation sites (tertiary alicyclic amines) is 1. The summed E-state index contributed by atoms with van der Waals surface area (Å²) in [7, 11) is 0. The molecule has 1 aliphatic carbocycles. The number of aliphatic hydroxyl groups is 1. The van der Waals surface area contributed by atoms with Gasteiger partial charge in [-0.05, 0) is 69.0 Å². The zero-order chi connectivity index (χ0) is 24.6. The smallest absolute Gasteiger partial charge is 0.254 e. The zero-order valence-corrected chi connectivity index (χ0v) is 20.2. The van der Waals surface area contributed by atoms with Crippen molar-refractivity contribution < 1.29 is 14.3 Å². The molecule has 2 fully saturated rings. The molecule has 1 saturated heterocycles. The maximum atomic E-state index is 13.9. The Balaban J connectivity index is 1.46. The second-order valence-electron chi connectivity index (χ2n) is 9.85. The highest BCUT2D eigenvalue weighted by atomic mass is 19.1. The molecule has 2 N–H and O–H groups in total. The van der Waals surface area contributed by atoms with Crippen LogP contribution in [0.5, 0.6) is 0 Å². The van der Waals surface area contributed by atoms with E-state index in [-0.39, 0.29) is 23.7 Å². The zero-order valence-electron chi connectivity index (χ0n) is 20.2. The number of carbonyl (C=O) groups excluding carboxylic acids is 1. The third kappa shape index (κ3) is 4.78. The number of amides is 1. The number of hydrogen-bond acceptors (Lipinski definition) is 5. The lowest BCUT2D eigenvalue weighted by atomic mass is 9.66. The van der Waals surface area contributed by atoms with Crippen molar-refractivity contribution in [2.45, 2.75) is 57.6 Å². The van der Waals surface area contributed by atoms with E-state index in [2.05, 4.69) is 15.3 Å². The van der Waals surface area contributed by atoms with Crippen molar-refractivity contribution in [1.29, 1.82) is 0 Å². The number of nitrogens with zero attached hydrogens (tertiary/aromatic N) is 3. The van der Waals surface area contributed by atoms with Crippen molar-refractivity contribution >= 4 is 17.4 Å². The Morgan fingerprint density at radius 1 is 1.09 bits per heavy atom. The molecule has 2 aromatic carbocycles. The van der Waals surface area contributed by atoms with E-state index in [0.717, 1.165) is 42.6 Å². The Hall–Kier alpha value is -3.32. The molecule has 35 heavy (non-hydrogen) atoms. The van der Waals surface area contributed by atoms with E-state index in [1.165, 1.54) is 12.1 Å². The van der Waals surface area contributed by atoms with Gasteiger partial charge in [-0.2, -0.15) is 0 Å². The SMILES string of the molecule is Cc1cc(Nc2cccc(C(=O)N3CC[C@@]4(O)CCCC[C@H]4[C@@H]3c3ccc(F)cc3)c2)nc(C)n1. The lowest BCUT2D eigenvalue weighted by molar-refractivity contribution is -0.115. The third-order valence-electron chi connectivity index (χ3n) is 7.39. The second-order valence-corrected chi connectivity index (χ2v) is 9.85. The number of aryl methyl sites for hydroxylation is 2.